The number of non-ortho nitro benzene ring substituents is 1. The number of hydrogen-bond donors (Lipinski definition) is 0. The third kappa shape index (κ3) is 2.82. The van der Waals surface area contributed by atoms with Gasteiger partial charge in [-0.3, -0.25) is 10.1 Å². The van der Waals surface area contributed by atoms with Gasteiger partial charge in [0.2, 0.25) is 0 Å². The number of nitro groups is 1. The van der Waals surface area contributed by atoms with Crippen molar-refractivity contribution in [3.05, 3.63) is 62.1 Å². The lowest BCUT2D eigenvalue weighted by molar-refractivity contribution is -0.384. The number of rotatable bonds is 3. The molecule has 7 heteroatoms. The van der Waals surface area contributed by atoms with Gasteiger partial charge < -0.3 is 4.74 Å². The van der Waals surface area contributed by atoms with Crippen molar-refractivity contribution < 1.29 is 9.66 Å². The van der Waals surface area contributed by atoms with Crippen LogP contribution in [0.2, 0.25) is 10.0 Å². The molecule has 0 aromatic heterocycles. The summed E-state index contributed by atoms with van der Waals surface area (Å²) in [7, 11) is 0. The van der Waals surface area contributed by atoms with Crippen LogP contribution in [-0.2, 0) is 0 Å². The highest BCUT2D eigenvalue weighted by molar-refractivity contribution is 6.37. The summed E-state index contributed by atoms with van der Waals surface area (Å²) in [4.78, 5) is 10.1. The molecule has 20 heavy (non-hydrogen) atoms. The van der Waals surface area contributed by atoms with Gasteiger partial charge in [-0.1, -0.05) is 29.3 Å². The molecule has 0 saturated heterocycles. The smallest absolute Gasteiger partial charge is 0.271 e. The van der Waals surface area contributed by atoms with E-state index in [0.29, 0.717) is 0 Å². The molecule has 0 aliphatic carbocycles. The standard InChI is InChI=1S/C13H6Cl2N2O3/c14-10-2-1-3-11(15)13(10)20-12-5-4-9(17(18)19)6-8(12)7-16/h1-6H. The second kappa shape index (κ2) is 5.78. The molecule has 0 saturated carbocycles. The van der Waals surface area contributed by atoms with Gasteiger partial charge in [-0.25, -0.2) is 0 Å². The Morgan fingerprint density at radius 1 is 1.20 bits per heavy atom. The van der Waals surface area contributed by atoms with Crippen LogP contribution in [-0.4, -0.2) is 4.92 Å². The summed E-state index contributed by atoms with van der Waals surface area (Å²) >= 11 is 11.9. The lowest BCUT2D eigenvalue weighted by Crippen LogP contribution is -1.93. The van der Waals surface area contributed by atoms with Crippen molar-refractivity contribution in [2.75, 3.05) is 0 Å². The van der Waals surface area contributed by atoms with Crippen molar-refractivity contribution in [3.63, 3.8) is 0 Å². The van der Waals surface area contributed by atoms with Gasteiger partial charge in [0.25, 0.3) is 5.69 Å². The van der Waals surface area contributed by atoms with E-state index < -0.39 is 4.92 Å². The summed E-state index contributed by atoms with van der Waals surface area (Å²) < 4.78 is 5.49. The molecule has 0 atom stereocenters. The SMILES string of the molecule is N#Cc1cc([N+](=O)[O-])ccc1Oc1c(Cl)cccc1Cl. The van der Waals surface area contributed by atoms with Gasteiger partial charge in [-0.05, 0) is 18.2 Å². The molecule has 0 aliphatic heterocycles. The van der Waals surface area contributed by atoms with E-state index in [-0.39, 0.29) is 32.8 Å². The number of benzene rings is 2. The molecule has 0 amide bonds. The number of nitriles is 1. The van der Waals surface area contributed by atoms with Crippen LogP contribution in [0.25, 0.3) is 0 Å². The summed E-state index contributed by atoms with van der Waals surface area (Å²) in [5.41, 5.74) is -0.172. The van der Waals surface area contributed by atoms with E-state index in [2.05, 4.69) is 0 Å². The Hall–Kier alpha value is -2.29. The van der Waals surface area contributed by atoms with Gasteiger partial charge in [-0.2, -0.15) is 5.26 Å². The van der Waals surface area contributed by atoms with Gasteiger partial charge in [0.1, 0.15) is 17.4 Å². The monoisotopic (exact) mass is 308 g/mol. The molecule has 0 fully saturated rings. The van der Waals surface area contributed by atoms with E-state index >= 15 is 0 Å². The molecule has 0 spiro atoms. The molecule has 2 aromatic carbocycles. The molecule has 0 radical (unpaired) electrons. The second-order valence-electron chi connectivity index (χ2n) is 3.70. The summed E-state index contributed by atoms with van der Waals surface area (Å²) in [5.74, 6) is 0.342. The van der Waals surface area contributed by atoms with Crippen LogP contribution in [0.4, 0.5) is 5.69 Å². The predicted octanol–water partition coefficient (Wildman–Crippen LogP) is 4.57. The lowest BCUT2D eigenvalue weighted by Gasteiger charge is -2.10. The summed E-state index contributed by atoms with van der Waals surface area (Å²) in [6.45, 7) is 0. The molecular formula is C13H6Cl2N2O3. The Balaban J connectivity index is 2.44. The molecule has 5 nitrogen and oxygen atoms in total. The lowest BCUT2D eigenvalue weighted by atomic mass is 10.2. The van der Waals surface area contributed by atoms with Gasteiger partial charge in [-0.15, -0.1) is 0 Å². The van der Waals surface area contributed by atoms with Crippen LogP contribution in [0.5, 0.6) is 11.5 Å². The summed E-state index contributed by atoms with van der Waals surface area (Å²) in [5, 5.41) is 20.2. The molecule has 100 valence electrons. The molecule has 0 heterocycles. The maximum absolute atomic E-state index is 10.7. The number of ether oxygens (including phenoxy) is 1. The van der Waals surface area contributed by atoms with Crippen LogP contribution < -0.4 is 4.74 Å². The fourth-order valence-corrected chi connectivity index (χ4v) is 1.97. The van der Waals surface area contributed by atoms with E-state index in [1.165, 1.54) is 12.1 Å². The van der Waals surface area contributed by atoms with Crippen molar-refractivity contribution in [1.82, 2.24) is 0 Å². The van der Waals surface area contributed by atoms with Crippen LogP contribution >= 0.6 is 23.2 Å². The van der Waals surface area contributed by atoms with Crippen LogP contribution in [0.3, 0.4) is 0 Å². The molecule has 2 rings (SSSR count). The number of para-hydroxylation sites is 1. The van der Waals surface area contributed by atoms with Crippen LogP contribution in [0, 0.1) is 21.4 Å². The molecule has 0 N–H and O–H groups in total. The Morgan fingerprint density at radius 2 is 1.85 bits per heavy atom. The van der Waals surface area contributed by atoms with Crippen molar-refractivity contribution >= 4 is 28.9 Å². The quantitative estimate of drug-likeness (QED) is 0.615. The Kier molecular flexibility index (Phi) is 4.08. The molecule has 0 bridgehead atoms. The Labute approximate surface area is 124 Å². The minimum Gasteiger partial charge on any atom is -0.453 e. The fraction of sp³-hybridized carbons (Fsp3) is 0. The van der Waals surface area contributed by atoms with E-state index in [1.807, 2.05) is 6.07 Å². The van der Waals surface area contributed by atoms with E-state index in [1.54, 1.807) is 18.2 Å². The highest BCUT2D eigenvalue weighted by atomic mass is 35.5. The van der Waals surface area contributed by atoms with E-state index in [0.717, 1.165) is 6.07 Å². The minimum absolute atomic E-state index is 0.0233. The largest absolute Gasteiger partial charge is 0.453 e. The average Bonchev–Trinajstić information content (AvgIpc) is 2.43. The average molecular weight is 309 g/mol. The first kappa shape index (κ1) is 14.1. The van der Waals surface area contributed by atoms with E-state index in [4.69, 9.17) is 33.2 Å². The Bertz CT molecular complexity index is 706. The summed E-state index contributed by atoms with van der Waals surface area (Å²) in [6, 6.07) is 10.3. The maximum atomic E-state index is 10.7. The van der Waals surface area contributed by atoms with Gasteiger partial charge in [0.05, 0.1) is 15.0 Å². The predicted molar refractivity (Wildman–Crippen MR) is 74.3 cm³/mol. The maximum Gasteiger partial charge on any atom is 0.271 e. The van der Waals surface area contributed by atoms with Crippen molar-refractivity contribution in [1.29, 1.82) is 5.26 Å². The molecule has 2 aromatic rings. The van der Waals surface area contributed by atoms with Gasteiger partial charge >= 0.3 is 0 Å². The number of nitro benzene ring substituents is 1. The van der Waals surface area contributed by atoms with E-state index in [9.17, 15) is 10.1 Å². The highest BCUT2D eigenvalue weighted by Gasteiger charge is 2.14. The first-order chi connectivity index (χ1) is 9.52. The van der Waals surface area contributed by atoms with Gasteiger partial charge in [0.15, 0.2) is 5.75 Å². The fourth-order valence-electron chi connectivity index (χ4n) is 1.50. The topological polar surface area (TPSA) is 76.2 Å². The zero-order valence-corrected chi connectivity index (χ0v) is 11.4. The molecule has 0 unspecified atom stereocenters. The van der Waals surface area contributed by atoms with Crippen molar-refractivity contribution in [3.8, 4) is 17.6 Å². The second-order valence-corrected chi connectivity index (χ2v) is 4.52. The third-order valence-corrected chi connectivity index (χ3v) is 3.02. The van der Waals surface area contributed by atoms with Crippen LogP contribution in [0.15, 0.2) is 36.4 Å². The normalized spacial score (nSPS) is 9.85. The number of nitrogens with zero attached hydrogens (tertiary/aromatic N) is 2. The zero-order chi connectivity index (χ0) is 14.7. The highest BCUT2D eigenvalue weighted by Crippen LogP contribution is 2.37. The number of halogens is 2. The van der Waals surface area contributed by atoms with Gasteiger partial charge in [0, 0.05) is 12.1 Å². The zero-order valence-electron chi connectivity index (χ0n) is 9.84. The Morgan fingerprint density at radius 3 is 2.40 bits per heavy atom. The summed E-state index contributed by atoms with van der Waals surface area (Å²) in [6.07, 6.45) is 0. The first-order valence-electron chi connectivity index (χ1n) is 5.33. The van der Waals surface area contributed by atoms with Crippen molar-refractivity contribution in [2.45, 2.75) is 0 Å². The first-order valence-corrected chi connectivity index (χ1v) is 6.09. The molecular weight excluding hydrogens is 303 g/mol. The third-order valence-electron chi connectivity index (χ3n) is 2.43. The van der Waals surface area contributed by atoms with Crippen molar-refractivity contribution in [2.24, 2.45) is 0 Å². The molecule has 0 aliphatic rings. The minimum atomic E-state index is -0.590. The number of hydrogen-bond acceptors (Lipinski definition) is 4. The van der Waals surface area contributed by atoms with Crippen LogP contribution in [0.1, 0.15) is 5.56 Å².